The summed E-state index contributed by atoms with van der Waals surface area (Å²) in [6, 6.07) is 18.9. The van der Waals surface area contributed by atoms with E-state index in [1.807, 2.05) is 28.8 Å². The lowest BCUT2D eigenvalue weighted by Gasteiger charge is -2.06. The highest BCUT2D eigenvalue weighted by Crippen LogP contribution is 2.31. The largest absolute Gasteiger partial charge is 0.478 e. The molecule has 0 aliphatic carbocycles. The van der Waals surface area contributed by atoms with Gasteiger partial charge in [-0.15, -0.1) is 0 Å². The number of carbonyl (C=O) groups excluding carboxylic acids is 1. The number of aromatic nitrogens is 1. The predicted octanol–water partition coefficient (Wildman–Crippen LogP) is 5.87. The van der Waals surface area contributed by atoms with Crippen molar-refractivity contribution in [3.05, 3.63) is 99.7 Å². The summed E-state index contributed by atoms with van der Waals surface area (Å²) in [4.78, 5) is 24.3. The molecule has 0 aliphatic heterocycles. The zero-order valence-electron chi connectivity index (χ0n) is 14.4. The van der Waals surface area contributed by atoms with Crippen LogP contribution in [0.15, 0.2) is 72.9 Å². The molecule has 0 bridgehead atoms. The van der Waals surface area contributed by atoms with Crippen molar-refractivity contribution >= 4 is 45.9 Å². The van der Waals surface area contributed by atoms with E-state index in [4.69, 9.17) is 28.3 Å². The number of para-hydroxylation sites is 1. The van der Waals surface area contributed by atoms with Crippen LogP contribution in [0.3, 0.4) is 0 Å². The minimum Gasteiger partial charge on any atom is -0.478 e. The molecule has 1 heterocycles. The number of rotatable bonds is 4. The molecule has 0 unspecified atom stereocenters. The highest BCUT2D eigenvalue weighted by molar-refractivity contribution is 6.41. The van der Waals surface area contributed by atoms with Gasteiger partial charge in [0.05, 0.1) is 26.7 Å². The van der Waals surface area contributed by atoms with Crippen LogP contribution in [0.2, 0.25) is 10.0 Å². The van der Waals surface area contributed by atoms with Crippen LogP contribution >= 0.6 is 23.2 Å². The van der Waals surface area contributed by atoms with Crippen LogP contribution in [0.25, 0.3) is 16.6 Å². The van der Waals surface area contributed by atoms with Crippen LogP contribution in [0, 0.1) is 0 Å². The van der Waals surface area contributed by atoms with Gasteiger partial charge in [-0.05, 0) is 42.5 Å². The molecule has 4 rings (SSSR count). The lowest BCUT2D eigenvalue weighted by molar-refractivity contribution is 0.0696. The van der Waals surface area contributed by atoms with E-state index in [2.05, 4.69) is 0 Å². The van der Waals surface area contributed by atoms with Gasteiger partial charge in [0.2, 0.25) is 0 Å². The van der Waals surface area contributed by atoms with Crippen LogP contribution in [-0.2, 0) is 0 Å². The summed E-state index contributed by atoms with van der Waals surface area (Å²) in [6.07, 6.45) is 1.72. The number of benzene rings is 3. The fourth-order valence-corrected chi connectivity index (χ4v) is 3.76. The maximum atomic E-state index is 13.2. The molecule has 0 atom stereocenters. The molecule has 0 radical (unpaired) electrons. The van der Waals surface area contributed by atoms with Gasteiger partial charge in [0.15, 0.2) is 5.78 Å². The molecular formula is C22H13Cl2NO3. The van der Waals surface area contributed by atoms with Gasteiger partial charge < -0.3 is 9.67 Å². The lowest BCUT2D eigenvalue weighted by atomic mass is 10.0. The second kappa shape index (κ2) is 7.15. The Bertz CT molecular complexity index is 1210. The highest BCUT2D eigenvalue weighted by atomic mass is 35.5. The summed E-state index contributed by atoms with van der Waals surface area (Å²) in [6.45, 7) is 0. The average Bonchev–Trinajstić information content (AvgIpc) is 3.07. The van der Waals surface area contributed by atoms with E-state index in [-0.39, 0.29) is 16.9 Å². The Labute approximate surface area is 170 Å². The molecule has 0 amide bonds. The third-order valence-electron chi connectivity index (χ3n) is 4.54. The topological polar surface area (TPSA) is 59.3 Å². The molecule has 0 aliphatic rings. The van der Waals surface area contributed by atoms with Gasteiger partial charge in [-0.3, -0.25) is 4.79 Å². The Hall–Kier alpha value is -3.08. The van der Waals surface area contributed by atoms with E-state index in [0.29, 0.717) is 15.6 Å². The normalized spacial score (nSPS) is 10.9. The molecule has 0 saturated carbocycles. The van der Waals surface area contributed by atoms with Gasteiger partial charge in [-0.1, -0.05) is 47.5 Å². The zero-order valence-corrected chi connectivity index (χ0v) is 15.9. The zero-order chi connectivity index (χ0) is 19.8. The smallest absolute Gasteiger partial charge is 0.335 e. The van der Waals surface area contributed by atoms with Crippen molar-refractivity contribution in [3.8, 4) is 5.69 Å². The van der Waals surface area contributed by atoms with Crippen molar-refractivity contribution in [1.82, 2.24) is 4.57 Å². The summed E-state index contributed by atoms with van der Waals surface area (Å²) in [5.74, 6) is -1.26. The molecule has 3 aromatic carbocycles. The first kappa shape index (κ1) is 18.3. The molecule has 0 spiro atoms. The molecule has 1 aromatic heterocycles. The Morgan fingerprint density at radius 2 is 1.46 bits per heavy atom. The number of carboxylic acid groups (broad SMARTS) is 1. The van der Waals surface area contributed by atoms with E-state index in [0.717, 1.165) is 16.6 Å². The number of aromatic carboxylic acids is 1. The molecule has 0 saturated heterocycles. The first-order chi connectivity index (χ1) is 13.5. The number of hydrogen-bond acceptors (Lipinski definition) is 2. The van der Waals surface area contributed by atoms with Crippen molar-refractivity contribution in [2.24, 2.45) is 0 Å². The van der Waals surface area contributed by atoms with E-state index < -0.39 is 5.97 Å². The molecular weight excluding hydrogens is 397 g/mol. The SMILES string of the molecule is O=C(O)c1ccc(-n2cc(C(=O)c3c(Cl)cccc3Cl)c3ccccc32)cc1. The molecule has 0 fully saturated rings. The van der Waals surface area contributed by atoms with Gasteiger partial charge in [-0.25, -0.2) is 4.79 Å². The van der Waals surface area contributed by atoms with Gasteiger partial charge in [0.1, 0.15) is 0 Å². The van der Waals surface area contributed by atoms with Crippen LogP contribution in [0.1, 0.15) is 26.3 Å². The Balaban J connectivity index is 1.90. The first-order valence-corrected chi connectivity index (χ1v) is 9.15. The van der Waals surface area contributed by atoms with Crippen LogP contribution in [0.5, 0.6) is 0 Å². The van der Waals surface area contributed by atoms with Gasteiger partial charge >= 0.3 is 5.97 Å². The Kier molecular flexibility index (Phi) is 4.67. The lowest BCUT2D eigenvalue weighted by Crippen LogP contribution is -2.03. The summed E-state index contributed by atoms with van der Waals surface area (Å²) in [7, 11) is 0. The number of nitrogens with zero attached hydrogens (tertiary/aromatic N) is 1. The monoisotopic (exact) mass is 409 g/mol. The molecule has 1 N–H and O–H groups in total. The van der Waals surface area contributed by atoms with Crippen molar-refractivity contribution in [3.63, 3.8) is 0 Å². The second-order valence-electron chi connectivity index (χ2n) is 6.21. The molecule has 28 heavy (non-hydrogen) atoms. The van der Waals surface area contributed by atoms with Crippen molar-refractivity contribution in [1.29, 1.82) is 0 Å². The Morgan fingerprint density at radius 1 is 0.821 bits per heavy atom. The number of halogens is 2. The fourth-order valence-electron chi connectivity index (χ4n) is 3.19. The van der Waals surface area contributed by atoms with E-state index in [1.54, 1.807) is 36.5 Å². The number of fused-ring (bicyclic) bond motifs is 1. The fraction of sp³-hybridized carbons (Fsp3) is 0. The van der Waals surface area contributed by atoms with Crippen molar-refractivity contribution in [2.45, 2.75) is 0 Å². The summed E-state index contributed by atoms with van der Waals surface area (Å²) >= 11 is 12.5. The van der Waals surface area contributed by atoms with Gasteiger partial charge in [0, 0.05) is 22.8 Å². The maximum Gasteiger partial charge on any atom is 0.335 e. The van der Waals surface area contributed by atoms with E-state index in [1.165, 1.54) is 12.1 Å². The van der Waals surface area contributed by atoms with Crippen molar-refractivity contribution < 1.29 is 14.7 Å². The van der Waals surface area contributed by atoms with Crippen LogP contribution in [-0.4, -0.2) is 21.4 Å². The van der Waals surface area contributed by atoms with E-state index >= 15 is 0 Å². The number of carbonyl (C=O) groups is 2. The molecule has 138 valence electrons. The van der Waals surface area contributed by atoms with Crippen LogP contribution < -0.4 is 0 Å². The highest BCUT2D eigenvalue weighted by Gasteiger charge is 2.21. The Morgan fingerprint density at radius 3 is 2.11 bits per heavy atom. The minimum atomic E-state index is -0.992. The van der Waals surface area contributed by atoms with Gasteiger partial charge in [0.25, 0.3) is 0 Å². The second-order valence-corrected chi connectivity index (χ2v) is 7.02. The molecule has 4 nitrogen and oxygen atoms in total. The summed E-state index contributed by atoms with van der Waals surface area (Å²) in [5, 5.41) is 10.4. The quantitative estimate of drug-likeness (QED) is 0.429. The summed E-state index contributed by atoms with van der Waals surface area (Å²) in [5.41, 5.74) is 2.48. The summed E-state index contributed by atoms with van der Waals surface area (Å²) < 4.78 is 1.85. The standard InChI is InChI=1S/C22H13Cl2NO3/c23-17-5-3-6-18(24)20(17)21(26)16-12-25(19-7-2-1-4-15(16)19)14-10-8-13(9-11-14)22(27)28/h1-12H,(H,27,28). The maximum absolute atomic E-state index is 13.2. The number of hydrogen-bond donors (Lipinski definition) is 1. The number of carboxylic acids is 1. The van der Waals surface area contributed by atoms with E-state index in [9.17, 15) is 9.59 Å². The third kappa shape index (κ3) is 3.07. The predicted molar refractivity (Wildman–Crippen MR) is 110 cm³/mol. The first-order valence-electron chi connectivity index (χ1n) is 8.40. The number of ketones is 1. The third-order valence-corrected chi connectivity index (χ3v) is 5.17. The molecule has 6 heteroatoms. The van der Waals surface area contributed by atoms with Crippen molar-refractivity contribution in [2.75, 3.05) is 0 Å². The molecule has 4 aromatic rings. The van der Waals surface area contributed by atoms with Crippen LogP contribution in [0.4, 0.5) is 0 Å². The minimum absolute atomic E-state index is 0.194. The average molecular weight is 410 g/mol. The van der Waals surface area contributed by atoms with Gasteiger partial charge in [-0.2, -0.15) is 0 Å².